The molecule has 100 valence electrons. The summed E-state index contributed by atoms with van der Waals surface area (Å²) < 4.78 is 5.52. The van der Waals surface area contributed by atoms with Gasteiger partial charge in [-0.25, -0.2) is 0 Å². The number of anilines is 1. The molecule has 5 heteroatoms. The number of hydrogen-bond acceptors (Lipinski definition) is 3. The highest BCUT2D eigenvalue weighted by atomic mass is 16.5. The molecule has 1 aromatic heterocycles. The predicted molar refractivity (Wildman–Crippen MR) is 74.1 cm³/mol. The maximum atomic E-state index is 11.7. The highest BCUT2D eigenvalue weighted by Crippen LogP contribution is 2.08. The van der Waals surface area contributed by atoms with Gasteiger partial charge in [-0.05, 0) is 24.6 Å². The largest absolute Gasteiger partial charge is 0.494 e. The first-order chi connectivity index (χ1) is 9.25. The molecule has 0 aliphatic rings. The Morgan fingerprint density at radius 1 is 1.32 bits per heavy atom. The fourth-order valence-electron chi connectivity index (χ4n) is 1.62. The number of aromatic amines is 1. The van der Waals surface area contributed by atoms with Crippen molar-refractivity contribution in [3.63, 3.8) is 0 Å². The number of rotatable bonds is 6. The van der Waals surface area contributed by atoms with Crippen LogP contribution < -0.4 is 15.8 Å². The molecule has 0 aliphatic heterocycles. The van der Waals surface area contributed by atoms with Crippen LogP contribution in [0.15, 0.2) is 42.6 Å². The van der Waals surface area contributed by atoms with Gasteiger partial charge in [0, 0.05) is 18.4 Å². The van der Waals surface area contributed by atoms with E-state index in [0.717, 1.165) is 12.2 Å². The number of H-pyrrole nitrogens is 1. The maximum Gasteiger partial charge on any atom is 0.267 e. The normalized spacial score (nSPS) is 10.1. The van der Waals surface area contributed by atoms with E-state index < -0.39 is 0 Å². The molecule has 0 spiro atoms. The molecule has 0 bridgehead atoms. The van der Waals surface area contributed by atoms with Crippen LogP contribution in [0.5, 0.6) is 5.75 Å². The van der Waals surface area contributed by atoms with Gasteiger partial charge in [0.2, 0.25) is 0 Å². The molecule has 5 nitrogen and oxygen atoms in total. The van der Waals surface area contributed by atoms with E-state index >= 15 is 0 Å². The highest BCUT2D eigenvalue weighted by molar-refractivity contribution is 5.93. The van der Waals surface area contributed by atoms with Crippen LogP contribution in [0.1, 0.15) is 16.9 Å². The summed E-state index contributed by atoms with van der Waals surface area (Å²) in [5.41, 5.74) is 6.55. The van der Waals surface area contributed by atoms with Crippen molar-refractivity contribution < 1.29 is 9.53 Å². The number of nitrogens with one attached hydrogen (secondary N) is 2. The van der Waals surface area contributed by atoms with Crippen LogP contribution in [0.3, 0.4) is 0 Å². The minimum absolute atomic E-state index is 0.156. The van der Waals surface area contributed by atoms with Gasteiger partial charge in [-0.2, -0.15) is 0 Å². The quantitative estimate of drug-likeness (QED) is 0.692. The van der Waals surface area contributed by atoms with Crippen molar-refractivity contribution in [1.29, 1.82) is 0 Å². The van der Waals surface area contributed by atoms with Crippen LogP contribution in [0.25, 0.3) is 0 Å². The number of carbonyl (C=O) groups excluding carboxylic acids is 1. The lowest BCUT2D eigenvalue weighted by Crippen LogP contribution is -2.25. The molecular formula is C14H17N3O2. The highest BCUT2D eigenvalue weighted by Gasteiger charge is 2.06. The van der Waals surface area contributed by atoms with E-state index in [-0.39, 0.29) is 5.91 Å². The average Bonchev–Trinajstić information content (AvgIpc) is 2.86. The molecule has 0 unspecified atom stereocenters. The molecular weight excluding hydrogens is 242 g/mol. The van der Waals surface area contributed by atoms with Crippen molar-refractivity contribution in [2.24, 2.45) is 0 Å². The Kier molecular flexibility index (Phi) is 4.44. The van der Waals surface area contributed by atoms with E-state index in [1.807, 2.05) is 30.3 Å². The zero-order valence-electron chi connectivity index (χ0n) is 10.6. The summed E-state index contributed by atoms with van der Waals surface area (Å²) >= 11 is 0. The molecule has 0 atom stereocenters. The number of ether oxygens (including phenoxy) is 1. The van der Waals surface area contributed by atoms with Crippen LogP contribution >= 0.6 is 0 Å². The molecule has 0 radical (unpaired) electrons. The Bertz CT molecular complexity index is 522. The van der Waals surface area contributed by atoms with Crippen LogP contribution in [0.4, 0.5) is 5.69 Å². The van der Waals surface area contributed by atoms with Gasteiger partial charge in [-0.15, -0.1) is 0 Å². The second-order valence-corrected chi connectivity index (χ2v) is 4.12. The summed E-state index contributed by atoms with van der Waals surface area (Å²) in [6.45, 7) is 1.13. The number of para-hydroxylation sites is 1. The smallest absolute Gasteiger partial charge is 0.267 e. The van der Waals surface area contributed by atoms with Gasteiger partial charge in [-0.1, -0.05) is 18.2 Å². The summed E-state index contributed by atoms with van der Waals surface area (Å²) in [5, 5.41) is 2.79. The van der Waals surface area contributed by atoms with Gasteiger partial charge in [-0.3, -0.25) is 4.79 Å². The lowest BCUT2D eigenvalue weighted by molar-refractivity contribution is 0.0947. The molecule has 2 aromatic rings. The zero-order chi connectivity index (χ0) is 13.5. The number of hydrogen-bond donors (Lipinski definition) is 3. The third-order valence-electron chi connectivity index (χ3n) is 2.57. The van der Waals surface area contributed by atoms with Crippen LogP contribution in [-0.4, -0.2) is 24.0 Å². The van der Waals surface area contributed by atoms with Crippen LogP contribution in [0, 0.1) is 0 Å². The monoisotopic (exact) mass is 259 g/mol. The molecule has 0 fully saturated rings. The first-order valence-electron chi connectivity index (χ1n) is 6.15. The lowest BCUT2D eigenvalue weighted by atomic mass is 10.3. The van der Waals surface area contributed by atoms with E-state index in [0.29, 0.717) is 24.5 Å². The van der Waals surface area contributed by atoms with E-state index in [1.165, 1.54) is 0 Å². The molecule has 0 aliphatic carbocycles. The van der Waals surface area contributed by atoms with Gasteiger partial charge in [0.05, 0.1) is 6.61 Å². The summed E-state index contributed by atoms with van der Waals surface area (Å²) in [7, 11) is 0. The molecule has 0 saturated heterocycles. The standard InChI is InChI=1S/C14H17N3O2/c15-11-9-13(17-10-11)14(18)16-7-4-8-19-12-5-2-1-3-6-12/h1-3,5-6,9-10,17H,4,7-8,15H2,(H,16,18). The van der Waals surface area contributed by atoms with Gasteiger partial charge < -0.3 is 20.8 Å². The van der Waals surface area contributed by atoms with Crippen molar-refractivity contribution in [2.45, 2.75) is 6.42 Å². The van der Waals surface area contributed by atoms with Crippen molar-refractivity contribution >= 4 is 11.6 Å². The molecule has 1 heterocycles. The van der Waals surface area contributed by atoms with Crippen molar-refractivity contribution in [3.05, 3.63) is 48.3 Å². The fourth-order valence-corrected chi connectivity index (χ4v) is 1.62. The molecule has 19 heavy (non-hydrogen) atoms. The maximum absolute atomic E-state index is 11.7. The predicted octanol–water partition coefficient (Wildman–Crippen LogP) is 1.80. The first-order valence-corrected chi connectivity index (χ1v) is 6.15. The summed E-state index contributed by atoms with van der Waals surface area (Å²) in [5.74, 6) is 0.683. The van der Waals surface area contributed by atoms with Crippen molar-refractivity contribution in [2.75, 3.05) is 18.9 Å². The number of nitrogen functional groups attached to an aromatic ring is 1. The van der Waals surface area contributed by atoms with E-state index in [1.54, 1.807) is 12.3 Å². The molecule has 2 rings (SSSR count). The number of amides is 1. The third-order valence-corrected chi connectivity index (χ3v) is 2.57. The van der Waals surface area contributed by atoms with Crippen molar-refractivity contribution in [1.82, 2.24) is 10.3 Å². The van der Waals surface area contributed by atoms with E-state index in [2.05, 4.69) is 10.3 Å². The molecule has 4 N–H and O–H groups in total. The summed E-state index contributed by atoms with van der Waals surface area (Å²) in [4.78, 5) is 14.5. The second kappa shape index (κ2) is 6.49. The van der Waals surface area contributed by atoms with Crippen LogP contribution in [-0.2, 0) is 0 Å². The van der Waals surface area contributed by atoms with Gasteiger partial charge in [0.15, 0.2) is 0 Å². The summed E-state index contributed by atoms with van der Waals surface area (Å²) in [6.07, 6.45) is 2.34. The Hall–Kier alpha value is -2.43. The fraction of sp³-hybridized carbons (Fsp3) is 0.214. The summed E-state index contributed by atoms with van der Waals surface area (Å²) in [6, 6.07) is 11.2. The van der Waals surface area contributed by atoms with Crippen LogP contribution in [0.2, 0.25) is 0 Å². The topological polar surface area (TPSA) is 80.1 Å². The Labute approximate surface area is 111 Å². The Balaban J connectivity index is 1.63. The number of benzene rings is 1. The SMILES string of the molecule is Nc1c[nH]c(C(=O)NCCCOc2ccccc2)c1. The Morgan fingerprint density at radius 2 is 2.11 bits per heavy atom. The number of carbonyl (C=O) groups is 1. The van der Waals surface area contributed by atoms with Gasteiger partial charge in [0.1, 0.15) is 11.4 Å². The minimum atomic E-state index is -0.156. The number of nitrogens with two attached hydrogens (primary N) is 1. The van der Waals surface area contributed by atoms with E-state index in [9.17, 15) is 4.79 Å². The molecule has 1 aromatic carbocycles. The minimum Gasteiger partial charge on any atom is -0.494 e. The van der Waals surface area contributed by atoms with E-state index in [4.69, 9.17) is 10.5 Å². The number of aromatic nitrogens is 1. The molecule has 1 amide bonds. The van der Waals surface area contributed by atoms with Crippen molar-refractivity contribution in [3.8, 4) is 5.75 Å². The third kappa shape index (κ3) is 4.06. The molecule has 0 saturated carbocycles. The Morgan fingerprint density at radius 3 is 2.79 bits per heavy atom. The van der Waals surface area contributed by atoms with Gasteiger partial charge >= 0.3 is 0 Å². The zero-order valence-corrected chi connectivity index (χ0v) is 10.6. The first kappa shape index (κ1) is 13.0. The second-order valence-electron chi connectivity index (χ2n) is 4.12. The average molecular weight is 259 g/mol. The lowest BCUT2D eigenvalue weighted by Gasteiger charge is -2.06. The van der Waals surface area contributed by atoms with Gasteiger partial charge in [0.25, 0.3) is 5.91 Å².